The van der Waals surface area contributed by atoms with Crippen LogP contribution in [0.5, 0.6) is 5.75 Å². The van der Waals surface area contributed by atoms with E-state index in [9.17, 15) is 4.79 Å². The van der Waals surface area contributed by atoms with Crippen molar-refractivity contribution in [1.82, 2.24) is 4.98 Å². The smallest absolute Gasteiger partial charge is 0.307 e. The second kappa shape index (κ2) is 15.5. The second-order valence-corrected chi connectivity index (χ2v) is 7.12. The highest BCUT2D eigenvalue weighted by Crippen LogP contribution is 2.20. The van der Waals surface area contributed by atoms with E-state index < -0.39 is 5.97 Å². The number of nitrogens with zero attached hydrogens (tertiary/aromatic N) is 1. The molecule has 1 heterocycles. The van der Waals surface area contributed by atoms with Gasteiger partial charge in [-0.15, -0.1) is 11.6 Å². The first-order chi connectivity index (χ1) is 13.2. The Morgan fingerprint density at radius 1 is 1.07 bits per heavy atom. The third-order valence-corrected chi connectivity index (χ3v) is 4.68. The van der Waals surface area contributed by atoms with Crippen LogP contribution in [-0.2, 0) is 10.7 Å². The molecule has 5 heteroatoms. The minimum atomic E-state index is -0.868. The zero-order valence-corrected chi connectivity index (χ0v) is 17.3. The lowest BCUT2D eigenvalue weighted by Gasteiger charge is -2.10. The summed E-state index contributed by atoms with van der Waals surface area (Å²) in [4.78, 5) is 15.1. The maximum absolute atomic E-state index is 10.7. The van der Waals surface area contributed by atoms with Gasteiger partial charge in [0.1, 0.15) is 11.4 Å². The van der Waals surface area contributed by atoms with E-state index in [1.165, 1.54) is 57.8 Å². The van der Waals surface area contributed by atoms with E-state index in [0.29, 0.717) is 23.9 Å². The number of halogens is 1. The molecule has 1 N–H and O–H groups in total. The molecule has 0 aliphatic heterocycles. The van der Waals surface area contributed by atoms with Crippen molar-refractivity contribution in [2.75, 3.05) is 6.61 Å². The summed E-state index contributed by atoms with van der Waals surface area (Å²) >= 11 is 5.84. The molecule has 0 aromatic carbocycles. The lowest BCUT2D eigenvalue weighted by molar-refractivity contribution is -0.135. The zero-order chi connectivity index (χ0) is 19.7. The number of rotatable bonds is 16. The number of carbonyl (C=O) groups is 1. The third-order valence-electron chi connectivity index (χ3n) is 4.40. The fourth-order valence-electron chi connectivity index (χ4n) is 2.86. The Morgan fingerprint density at radius 3 is 2.30 bits per heavy atom. The lowest BCUT2D eigenvalue weighted by atomic mass is 10.1. The molecule has 0 saturated carbocycles. The Bertz CT molecular complexity index is 560. The van der Waals surface area contributed by atoms with E-state index in [-0.39, 0.29) is 6.42 Å². The molecule has 0 radical (unpaired) electrons. The molecular formula is C22H34ClNO3. The molecule has 1 aromatic rings. The van der Waals surface area contributed by atoms with Gasteiger partial charge in [0, 0.05) is 0 Å². The molecular weight excluding hydrogens is 362 g/mol. The molecule has 0 saturated heterocycles. The Morgan fingerprint density at radius 2 is 1.70 bits per heavy atom. The van der Waals surface area contributed by atoms with Crippen LogP contribution in [0.2, 0.25) is 0 Å². The number of hydrogen-bond donors (Lipinski definition) is 1. The molecule has 152 valence electrons. The molecule has 0 aliphatic carbocycles. The first kappa shape index (κ1) is 23.5. The number of pyridine rings is 1. The number of unbranched alkanes of at least 4 members (excludes halogenated alkanes) is 9. The number of carboxylic acid groups (broad SMARTS) is 1. The van der Waals surface area contributed by atoms with E-state index in [0.717, 1.165) is 12.1 Å². The van der Waals surface area contributed by atoms with Gasteiger partial charge in [0.25, 0.3) is 0 Å². The molecule has 0 aliphatic rings. The fourth-order valence-corrected chi connectivity index (χ4v) is 3.01. The van der Waals surface area contributed by atoms with Crippen molar-refractivity contribution in [3.05, 3.63) is 29.6 Å². The largest absolute Gasteiger partial charge is 0.491 e. The number of carboxylic acids is 1. The molecule has 27 heavy (non-hydrogen) atoms. The number of ether oxygens (including phenoxy) is 1. The van der Waals surface area contributed by atoms with Gasteiger partial charge in [-0.3, -0.25) is 4.79 Å². The normalized spacial score (nSPS) is 11.2. The van der Waals surface area contributed by atoms with Gasteiger partial charge in [-0.05, 0) is 24.6 Å². The Kier molecular flexibility index (Phi) is 13.5. The van der Waals surface area contributed by atoms with Gasteiger partial charge in [-0.1, -0.05) is 70.8 Å². The summed E-state index contributed by atoms with van der Waals surface area (Å²) in [6.07, 6.45) is 16.1. The second-order valence-electron chi connectivity index (χ2n) is 6.85. The van der Waals surface area contributed by atoms with Crippen LogP contribution >= 0.6 is 11.6 Å². The topological polar surface area (TPSA) is 59.4 Å². The van der Waals surface area contributed by atoms with Crippen molar-refractivity contribution in [3.63, 3.8) is 0 Å². The summed E-state index contributed by atoms with van der Waals surface area (Å²) in [7, 11) is 0. The Labute approximate surface area is 169 Å². The maximum Gasteiger partial charge on any atom is 0.307 e. The van der Waals surface area contributed by atoms with Gasteiger partial charge in [0.15, 0.2) is 0 Å². The summed E-state index contributed by atoms with van der Waals surface area (Å²) in [5.74, 6) is 0.132. The van der Waals surface area contributed by atoms with E-state index in [2.05, 4.69) is 11.9 Å². The highest BCUT2D eigenvalue weighted by atomic mass is 35.5. The number of hydrogen-bond acceptors (Lipinski definition) is 3. The average molecular weight is 396 g/mol. The lowest BCUT2D eigenvalue weighted by Crippen LogP contribution is -2.01. The highest BCUT2D eigenvalue weighted by Gasteiger charge is 2.05. The molecule has 0 amide bonds. The highest BCUT2D eigenvalue weighted by molar-refractivity contribution is 6.16. The predicted octanol–water partition coefficient (Wildman–Crippen LogP) is 6.61. The van der Waals surface area contributed by atoms with Crippen LogP contribution in [0.4, 0.5) is 0 Å². The van der Waals surface area contributed by atoms with Gasteiger partial charge < -0.3 is 9.84 Å². The Balaban J connectivity index is 2.27. The quantitative estimate of drug-likeness (QED) is 0.253. The van der Waals surface area contributed by atoms with Crippen molar-refractivity contribution in [2.45, 2.75) is 83.4 Å². The molecule has 0 bridgehead atoms. The van der Waals surface area contributed by atoms with Crippen molar-refractivity contribution >= 4 is 23.6 Å². The fraction of sp³-hybridized carbons (Fsp3) is 0.636. The van der Waals surface area contributed by atoms with E-state index >= 15 is 0 Å². The zero-order valence-electron chi connectivity index (χ0n) is 16.6. The first-order valence-electron chi connectivity index (χ1n) is 10.2. The summed E-state index contributed by atoms with van der Waals surface area (Å²) in [6.45, 7) is 2.90. The van der Waals surface area contributed by atoms with Crippen LogP contribution < -0.4 is 4.74 Å². The first-order valence-corrected chi connectivity index (χ1v) is 10.8. The van der Waals surface area contributed by atoms with Gasteiger partial charge in [-0.2, -0.15) is 0 Å². The van der Waals surface area contributed by atoms with Crippen molar-refractivity contribution in [3.8, 4) is 5.75 Å². The molecule has 1 rings (SSSR count). The predicted molar refractivity (Wildman–Crippen MR) is 112 cm³/mol. The van der Waals surface area contributed by atoms with Crippen LogP contribution in [0.15, 0.2) is 18.2 Å². The summed E-state index contributed by atoms with van der Waals surface area (Å²) in [6, 6.07) is 3.71. The monoisotopic (exact) mass is 395 g/mol. The molecule has 0 fully saturated rings. The summed E-state index contributed by atoms with van der Waals surface area (Å²) in [5.41, 5.74) is 1.39. The van der Waals surface area contributed by atoms with Gasteiger partial charge in [0.2, 0.25) is 0 Å². The van der Waals surface area contributed by atoms with E-state index in [1.807, 2.05) is 12.1 Å². The molecule has 1 aromatic heterocycles. The third kappa shape index (κ3) is 11.7. The minimum Gasteiger partial charge on any atom is -0.491 e. The van der Waals surface area contributed by atoms with Crippen LogP contribution in [0.1, 0.15) is 88.9 Å². The minimum absolute atomic E-state index is 0.0370. The standard InChI is InChI=1S/C22H34ClNO3/c1-2-3-4-5-6-7-8-9-10-11-17-27-21-16-15-19(18-23)24-20(21)13-12-14-22(25)26/h12-13,15-16H,2-11,14,17-18H2,1H3,(H,25,26). The molecule has 4 nitrogen and oxygen atoms in total. The van der Waals surface area contributed by atoms with Gasteiger partial charge >= 0.3 is 5.97 Å². The van der Waals surface area contributed by atoms with Crippen molar-refractivity contribution in [2.24, 2.45) is 0 Å². The maximum atomic E-state index is 10.7. The van der Waals surface area contributed by atoms with Crippen LogP contribution in [0.3, 0.4) is 0 Å². The summed E-state index contributed by atoms with van der Waals surface area (Å²) in [5, 5.41) is 8.75. The van der Waals surface area contributed by atoms with Crippen LogP contribution in [0, 0.1) is 0 Å². The SMILES string of the molecule is CCCCCCCCCCCCOc1ccc(CCl)nc1C=CCC(=O)O. The number of alkyl halides is 1. The van der Waals surface area contributed by atoms with Crippen molar-refractivity contribution in [1.29, 1.82) is 0 Å². The van der Waals surface area contributed by atoms with Gasteiger partial charge in [0.05, 0.1) is 24.6 Å². The van der Waals surface area contributed by atoms with E-state index in [4.69, 9.17) is 21.4 Å². The Hall–Kier alpha value is -1.55. The summed E-state index contributed by atoms with van der Waals surface area (Å²) < 4.78 is 5.86. The van der Waals surface area contributed by atoms with Crippen LogP contribution in [0.25, 0.3) is 6.08 Å². The molecule has 0 atom stereocenters. The number of aromatic nitrogens is 1. The van der Waals surface area contributed by atoms with Gasteiger partial charge in [-0.25, -0.2) is 4.98 Å². The average Bonchev–Trinajstić information content (AvgIpc) is 2.66. The van der Waals surface area contributed by atoms with E-state index in [1.54, 1.807) is 12.2 Å². The number of aliphatic carboxylic acids is 1. The van der Waals surface area contributed by atoms with Crippen LogP contribution in [-0.4, -0.2) is 22.7 Å². The molecule has 0 spiro atoms. The molecule has 0 unspecified atom stereocenters. The van der Waals surface area contributed by atoms with Crippen molar-refractivity contribution < 1.29 is 14.6 Å².